The van der Waals surface area contributed by atoms with E-state index in [1.165, 1.54) is 10.9 Å². The molecule has 0 saturated carbocycles. The maximum Gasteiger partial charge on any atom is 0.261 e. The summed E-state index contributed by atoms with van der Waals surface area (Å²) in [6, 6.07) is 12.8. The Labute approximate surface area is 147 Å². The van der Waals surface area contributed by atoms with Gasteiger partial charge in [0.1, 0.15) is 0 Å². The van der Waals surface area contributed by atoms with Crippen LogP contribution in [0.15, 0.2) is 58.1 Å². The zero-order chi connectivity index (χ0) is 17.4. The van der Waals surface area contributed by atoms with Gasteiger partial charge in [0.15, 0.2) is 5.82 Å². The summed E-state index contributed by atoms with van der Waals surface area (Å²) < 4.78 is 6.73. The van der Waals surface area contributed by atoms with Crippen LogP contribution in [-0.4, -0.2) is 19.7 Å². The Morgan fingerprint density at radius 3 is 2.88 bits per heavy atom. The molecule has 2 aromatic heterocycles. The van der Waals surface area contributed by atoms with Gasteiger partial charge in [0.25, 0.3) is 11.4 Å². The van der Waals surface area contributed by atoms with Gasteiger partial charge in [0, 0.05) is 0 Å². The average Bonchev–Trinajstić information content (AvgIpc) is 3.07. The minimum Gasteiger partial charge on any atom is -0.334 e. The van der Waals surface area contributed by atoms with Gasteiger partial charge in [-0.2, -0.15) is 4.98 Å². The quantitative estimate of drug-likeness (QED) is 0.564. The van der Waals surface area contributed by atoms with E-state index in [-0.39, 0.29) is 12.1 Å². The number of aryl methyl sites for hydroxylation is 1. The molecule has 0 amide bonds. The van der Waals surface area contributed by atoms with Gasteiger partial charge in [0.2, 0.25) is 0 Å². The summed E-state index contributed by atoms with van der Waals surface area (Å²) in [5.74, 6) is 0.698. The fourth-order valence-corrected chi connectivity index (χ4v) is 2.82. The average molecular weight is 353 g/mol. The van der Waals surface area contributed by atoms with Crippen LogP contribution >= 0.6 is 11.6 Å². The topological polar surface area (TPSA) is 73.8 Å². The molecular weight excluding hydrogens is 340 g/mol. The van der Waals surface area contributed by atoms with Crippen LogP contribution in [0.1, 0.15) is 11.4 Å². The number of hydrogen-bond donors (Lipinski definition) is 0. The maximum absolute atomic E-state index is 12.6. The highest BCUT2D eigenvalue weighted by atomic mass is 35.5. The van der Waals surface area contributed by atoms with Crippen molar-refractivity contribution in [3.8, 4) is 11.5 Å². The maximum atomic E-state index is 12.6. The standard InChI is InChI=1S/C18H13ClN4O2/c1-11-6-7-15-13(8-11)18(24)23(10-20-15)9-16-21-17(25-22-16)12-4-2-3-5-14(12)19/h2-8,10H,9H2,1H3. The van der Waals surface area contributed by atoms with Gasteiger partial charge >= 0.3 is 0 Å². The Morgan fingerprint density at radius 2 is 2.04 bits per heavy atom. The normalized spacial score (nSPS) is 11.1. The molecule has 0 radical (unpaired) electrons. The lowest BCUT2D eigenvalue weighted by Crippen LogP contribution is -2.21. The van der Waals surface area contributed by atoms with Crippen LogP contribution < -0.4 is 5.56 Å². The second kappa shape index (κ2) is 6.14. The molecule has 25 heavy (non-hydrogen) atoms. The Balaban J connectivity index is 1.70. The fraction of sp³-hybridized carbons (Fsp3) is 0.111. The third kappa shape index (κ3) is 2.92. The van der Waals surface area contributed by atoms with Crippen molar-refractivity contribution in [3.05, 3.63) is 75.6 Å². The van der Waals surface area contributed by atoms with Crippen LogP contribution in [0.2, 0.25) is 5.02 Å². The van der Waals surface area contributed by atoms with Crippen molar-refractivity contribution in [2.24, 2.45) is 0 Å². The number of hydrogen-bond acceptors (Lipinski definition) is 5. The minimum atomic E-state index is -0.141. The molecule has 0 unspecified atom stereocenters. The van der Waals surface area contributed by atoms with Crippen LogP contribution in [-0.2, 0) is 6.54 Å². The first-order valence-corrected chi connectivity index (χ1v) is 8.03. The molecule has 0 bridgehead atoms. The third-order valence-electron chi connectivity index (χ3n) is 3.86. The molecule has 2 aromatic carbocycles. The van der Waals surface area contributed by atoms with E-state index in [9.17, 15) is 4.79 Å². The lowest BCUT2D eigenvalue weighted by molar-refractivity contribution is 0.420. The molecule has 7 heteroatoms. The molecule has 0 aliphatic carbocycles. The van der Waals surface area contributed by atoms with Gasteiger partial charge in [-0.1, -0.05) is 40.5 Å². The van der Waals surface area contributed by atoms with Gasteiger partial charge in [-0.15, -0.1) is 0 Å². The molecular formula is C18H13ClN4O2. The van der Waals surface area contributed by atoms with E-state index in [0.29, 0.717) is 33.2 Å². The number of fused-ring (bicyclic) bond motifs is 1. The minimum absolute atomic E-state index is 0.141. The second-order valence-corrected chi connectivity index (χ2v) is 6.10. The van der Waals surface area contributed by atoms with Crippen molar-refractivity contribution in [1.29, 1.82) is 0 Å². The fourth-order valence-electron chi connectivity index (χ4n) is 2.60. The summed E-state index contributed by atoms with van der Waals surface area (Å²) in [6.45, 7) is 2.11. The second-order valence-electron chi connectivity index (χ2n) is 5.69. The van der Waals surface area contributed by atoms with Crippen LogP contribution in [0.4, 0.5) is 0 Å². The number of halogens is 1. The van der Waals surface area contributed by atoms with Gasteiger partial charge in [-0.3, -0.25) is 9.36 Å². The molecule has 6 nitrogen and oxygen atoms in total. The highest BCUT2D eigenvalue weighted by Gasteiger charge is 2.13. The Bertz CT molecular complexity index is 1130. The summed E-state index contributed by atoms with van der Waals surface area (Å²) in [5, 5.41) is 5.03. The summed E-state index contributed by atoms with van der Waals surface area (Å²) in [4.78, 5) is 21.3. The SMILES string of the molecule is Cc1ccc2ncn(Cc3noc(-c4ccccc4Cl)n3)c(=O)c2c1. The first-order chi connectivity index (χ1) is 12.1. The Hall–Kier alpha value is -2.99. The lowest BCUT2D eigenvalue weighted by Gasteiger charge is -2.04. The number of rotatable bonds is 3. The smallest absolute Gasteiger partial charge is 0.261 e. The number of aromatic nitrogens is 4. The van der Waals surface area contributed by atoms with E-state index in [0.717, 1.165) is 5.56 Å². The molecule has 0 aliphatic rings. The molecule has 0 spiro atoms. The van der Waals surface area contributed by atoms with Crippen LogP contribution in [0.5, 0.6) is 0 Å². The number of nitrogens with zero attached hydrogens (tertiary/aromatic N) is 4. The zero-order valence-electron chi connectivity index (χ0n) is 13.3. The van der Waals surface area contributed by atoms with Gasteiger partial charge < -0.3 is 4.52 Å². The van der Waals surface area contributed by atoms with Crippen molar-refractivity contribution in [3.63, 3.8) is 0 Å². The summed E-state index contributed by atoms with van der Waals surface area (Å²) in [5.41, 5.74) is 2.18. The highest BCUT2D eigenvalue weighted by molar-refractivity contribution is 6.33. The van der Waals surface area contributed by atoms with Crippen LogP contribution in [0.25, 0.3) is 22.4 Å². The molecule has 0 fully saturated rings. The Morgan fingerprint density at radius 1 is 1.20 bits per heavy atom. The van der Waals surface area contributed by atoms with Crippen molar-refractivity contribution >= 4 is 22.5 Å². The van der Waals surface area contributed by atoms with E-state index in [1.807, 2.05) is 37.3 Å². The van der Waals surface area contributed by atoms with E-state index in [2.05, 4.69) is 15.1 Å². The van der Waals surface area contributed by atoms with Crippen molar-refractivity contribution in [2.75, 3.05) is 0 Å². The predicted octanol–water partition coefficient (Wildman–Crippen LogP) is 3.46. The number of benzene rings is 2. The molecule has 2 heterocycles. The molecule has 0 N–H and O–H groups in total. The lowest BCUT2D eigenvalue weighted by atomic mass is 10.2. The van der Waals surface area contributed by atoms with Gasteiger partial charge in [-0.25, -0.2) is 4.98 Å². The summed E-state index contributed by atoms with van der Waals surface area (Å²) >= 11 is 6.14. The van der Waals surface area contributed by atoms with Crippen molar-refractivity contribution < 1.29 is 4.52 Å². The van der Waals surface area contributed by atoms with E-state index in [4.69, 9.17) is 16.1 Å². The monoisotopic (exact) mass is 352 g/mol. The third-order valence-corrected chi connectivity index (χ3v) is 4.19. The predicted molar refractivity (Wildman–Crippen MR) is 94.6 cm³/mol. The van der Waals surface area contributed by atoms with Crippen molar-refractivity contribution in [2.45, 2.75) is 13.5 Å². The van der Waals surface area contributed by atoms with E-state index < -0.39 is 0 Å². The largest absolute Gasteiger partial charge is 0.334 e. The van der Waals surface area contributed by atoms with Crippen LogP contribution in [0, 0.1) is 6.92 Å². The molecule has 4 rings (SSSR count). The first kappa shape index (κ1) is 15.5. The van der Waals surface area contributed by atoms with Gasteiger partial charge in [-0.05, 0) is 31.2 Å². The first-order valence-electron chi connectivity index (χ1n) is 7.65. The Kier molecular flexibility index (Phi) is 3.82. The van der Waals surface area contributed by atoms with Gasteiger partial charge in [0.05, 0.1) is 34.4 Å². The molecule has 4 aromatic rings. The summed E-state index contributed by atoms with van der Waals surface area (Å²) in [6.07, 6.45) is 1.49. The summed E-state index contributed by atoms with van der Waals surface area (Å²) in [7, 11) is 0. The molecule has 0 saturated heterocycles. The zero-order valence-corrected chi connectivity index (χ0v) is 14.1. The molecule has 124 valence electrons. The van der Waals surface area contributed by atoms with E-state index in [1.54, 1.807) is 12.1 Å². The molecule has 0 atom stereocenters. The van der Waals surface area contributed by atoms with E-state index >= 15 is 0 Å². The van der Waals surface area contributed by atoms with Crippen molar-refractivity contribution in [1.82, 2.24) is 19.7 Å². The van der Waals surface area contributed by atoms with Crippen LogP contribution in [0.3, 0.4) is 0 Å². The highest BCUT2D eigenvalue weighted by Crippen LogP contribution is 2.25. The molecule has 0 aliphatic heterocycles.